The highest BCUT2D eigenvalue weighted by atomic mass is 35.5. The van der Waals surface area contributed by atoms with Crippen LogP contribution in [-0.4, -0.2) is 123 Å². The van der Waals surface area contributed by atoms with Crippen LogP contribution < -0.4 is 34.2 Å². The van der Waals surface area contributed by atoms with E-state index in [1.165, 1.54) is 31.1 Å². The van der Waals surface area contributed by atoms with Crippen LogP contribution in [0.1, 0.15) is 57.5 Å². The van der Waals surface area contributed by atoms with Crippen molar-refractivity contribution in [2.24, 2.45) is 11.8 Å². The number of esters is 1. The summed E-state index contributed by atoms with van der Waals surface area (Å²) in [6.07, 6.45) is 1.60. The molecule has 0 saturated carbocycles. The van der Waals surface area contributed by atoms with Crippen LogP contribution in [0.25, 0.3) is 11.0 Å². The number of anilines is 1. The number of amides is 2. The molecule has 1 saturated heterocycles. The number of hydrogen-bond acceptors (Lipinski definition) is 16. The van der Waals surface area contributed by atoms with Crippen molar-refractivity contribution in [1.82, 2.24) is 29.3 Å². The van der Waals surface area contributed by atoms with Crippen molar-refractivity contribution in [1.29, 1.82) is 0 Å². The van der Waals surface area contributed by atoms with Crippen LogP contribution in [-0.2, 0) is 25.5 Å². The van der Waals surface area contributed by atoms with Crippen molar-refractivity contribution in [3.63, 3.8) is 0 Å². The van der Waals surface area contributed by atoms with Crippen LogP contribution in [0.15, 0.2) is 36.7 Å². The zero-order chi connectivity index (χ0) is 47.7. The molecule has 2 aromatic carbocycles. The molecule has 3 aromatic heterocycles. The largest absolute Gasteiger partial charge is 0.496 e. The number of nitrogens with two attached hydrogens (primary N) is 1. The highest BCUT2D eigenvalue weighted by molar-refractivity contribution is 6.34. The third-order valence-corrected chi connectivity index (χ3v) is 12.5. The lowest BCUT2D eigenvalue weighted by atomic mass is 9.66. The molecule has 3 aliphatic rings. The van der Waals surface area contributed by atoms with E-state index in [0.717, 1.165) is 22.6 Å². The molecule has 1 fully saturated rings. The van der Waals surface area contributed by atoms with Gasteiger partial charge in [-0.05, 0) is 49.2 Å². The number of aryl methyl sites for hydroxylation is 1. The minimum Gasteiger partial charge on any atom is -0.496 e. The van der Waals surface area contributed by atoms with Gasteiger partial charge in [-0.3, -0.25) is 9.78 Å². The maximum Gasteiger partial charge on any atom is 0.410 e. The summed E-state index contributed by atoms with van der Waals surface area (Å²) >= 11 is 6.55. The number of carbonyl (C=O) groups excluding carboxylic acids is 3. The van der Waals surface area contributed by atoms with Crippen molar-refractivity contribution >= 4 is 46.7 Å². The Kier molecular flexibility index (Phi) is 13.3. The number of benzene rings is 2. The number of nitrogens with zero attached hydrogens (tertiary/aromatic N) is 6. The molecule has 2 aliphatic heterocycles. The third-order valence-electron chi connectivity index (χ3n) is 12.2. The normalized spacial score (nSPS) is 17.7. The maximum atomic E-state index is 13.8. The van der Waals surface area contributed by atoms with E-state index < -0.39 is 42.0 Å². The fraction of sp³-hybridized carbons (Fsp3) is 0.404. The molecule has 1 aliphatic carbocycles. The van der Waals surface area contributed by atoms with Gasteiger partial charge in [-0.25, -0.2) is 14.6 Å². The number of methoxy groups -OCH3 is 4. The number of rotatable bonds is 13. The number of pyridine rings is 1. The Morgan fingerprint density at radius 1 is 0.910 bits per heavy atom. The number of likely N-dealkylation sites (N-methyl/N-ethyl adjacent to an activating group) is 2. The van der Waals surface area contributed by atoms with E-state index in [9.17, 15) is 14.4 Å². The SMILES string of the molecule is COc1cc([C@@H]2c3cc4c(cc3[C@H](OC(=O)N(C)CCN(C)C(=O)OCCC#Cc3cn(Cc5ncc(C)c(OC)c5C)c5nc(N)nc(Cl)c35)[C@H]3COC(=O)[C@@H]23)OCO4)cc(OC)c1OC. The van der Waals surface area contributed by atoms with Gasteiger partial charge in [0.15, 0.2) is 23.0 Å². The standard InChI is InChI=1S/C47H50ClN7O12/c1-24-19-50-31(25(2)39(24)61-7)21-55-20-26(37-42(48)51-45(49)52-43(37)55)11-9-10-14-63-46(57)53(3)12-13-54(4)47(58)67-40-29-18-33-32(65-23-66-33)17-28(29)36(38-30(40)22-64-44(38)56)27-15-34(59-5)41(62-8)35(16-27)60-6/h15-20,30,36,38,40H,10,12-14,21-23H2,1-8H3,(H2,49,51,52)/t30-,36+,38+,40-/m0/s1. The first-order chi connectivity index (χ1) is 32.3. The van der Waals surface area contributed by atoms with Gasteiger partial charge in [0, 0.05) is 74.5 Å². The zero-order valence-corrected chi connectivity index (χ0v) is 39.0. The van der Waals surface area contributed by atoms with Crippen molar-refractivity contribution in [3.8, 4) is 46.3 Å². The van der Waals surface area contributed by atoms with E-state index in [1.54, 1.807) is 45.6 Å². The quantitative estimate of drug-likeness (QED) is 0.0469. The fourth-order valence-corrected chi connectivity index (χ4v) is 9.12. The molecular weight excluding hydrogens is 890 g/mol. The average Bonchev–Trinajstić information content (AvgIpc) is 4.04. The van der Waals surface area contributed by atoms with Gasteiger partial charge in [0.2, 0.25) is 18.5 Å². The zero-order valence-electron chi connectivity index (χ0n) is 38.3. The van der Waals surface area contributed by atoms with Gasteiger partial charge in [-0.1, -0.05) is 23.4 Å². The molecule has 2 N–H and O–H groups in total. The Labute approximate surface area is 391 Å². The summed E-state index contributed by atoms with van der Waals surface area (Å²) in [5, 5.41) is 0.687. The van der Waals surface area contributed by atoms with E-state index in [-0.39, 0.29) is 50.6 Å². The van der Waals surface area contributed by atoms with E-state index in [4.69, 9.17) is 60.0 Å². The number of fused-ring (bicyclic) bond motifs is 4. The van der Waals surface area contributed by atoms with Crippen molar-refractivity contribution in [3.05, 3.63) is 80.9 Å². The molecule has 0 spiro atoms. The second-order valence-corrected chi connectivity index (χ2v) is 16.6. The van der Waals surface area contributed by atoms with E-state index in [2.05, 4.69) is 26.8 Å². The van der Waals surface area contributed by atoms with Gasteiger partial charge in [-0.2, -0.15) is 4.98 Å². The summed E-state index contributed by atoms with van der Waals surface area (Å²) in [4.78, 5) is 56.3. The number of aromatic nitrogens is 4. The van der Waals surface area contributed by atoms with Crippen LogP contribution in [0.4, 0.5) is 15.5 Å². The van der Waals surface area contributed by atoms with Crippen LogP contribution >= 0.6 is 11.6 Å². The molecule has 4 atom stereocenters. The van der Waals surface area contributed by atoms with Crippen molar-refractivity contribution in [2.75, 3.05) is 81.4 Å². The first kappa shape index (κ1) is 46.2. The number of cyclic esters (lactones) is 1. The van der Waals surface area contributed by atoms with Gasteiger partial charge in [0.05, 0.1) is 64.2 Å². The van der Waals surface area contributed by atoms with Crippen molar-refractivity contribution in [2.45, 2.75) is 38.8 Å². The number of nitrogen functional groups attached to an aromatic ring is 1. The summed E-state index contributed by atoms with van der Waals surface area (Å²) in [5.74, 6) is 6.81. The lowest BCUT2D eigenvalue weighted by Gasteiger charge is -2.39. The average molecular weight is 940 g/mol. The number of ether oxygens (including phenoxy) is 9. The molecule has 8 rings (SSSR count). The highest BCUT2D eigenvalue weighted by Crippen LogP contribution is 2.56. The molecule has 2 amide bonds. The van der Waals surface area contributed by atoms with E-state index >= 15 is 0 Å². The van der Waals surface area contributed by atoms with Gasteiger partial charge in [0.1, 0.15) is 29.3 Å². The van der Waals surface area contributed by atoms with Gasteiger partial charge >= 0.3 is 18.2 Å². The molecule has 0 radical (unpaired) electrons. The molecule has 0 unspecified atom stereocenters. The van der Waals surface area contributed by atoms with Crippen LogP contribution in [0.2, 0.25) is 5.15 Å². The summed E-state index contributed by atoms with van der Waals surface area (Å²) in [5.41, 5.74) is 11.6. The lowest BCUT2D eigenvalue weighted by Crippen LogP contribution is -2.41. The molecule has 19 nitrogen and oxygen atoms in total. The summed E-state index contributed by atoms with van der Waals surface area (Å²) in [6, 6.07) is 7.20. The fourth-order valence-electron chi connectivity index (χ4n) is 8.85. The van der Waals surface area contributed by atoms with Gasteiger partial charge in [-0.15, -0.1) is 0 Å². The predicted molar refractivity (Wildman–Crippen MR) is 242 cm³/mol. The third kappa shape index (κ3) is 8.88. The van der Waals surface area contributed by atoms with E-state index in [1.807, 2.05) is 30.7 Å². The summed E-state index contributed by atoms with van der Waals surface area (Å²) in [7, 11) is 9.29. The monoisotopic (exact) mass is 939 g/mol. The first-order valence-corrected chi connectivity index (χ1v) is 21.6. The van der Waals surface area contributed by atoms with Crippen LogP contribution in [0.5, 0.6) is 34.5 Å². The topological polar surface area (TPSA) is 210 Å². The molecule has 67 heavy (non-hydrogen) atoms. The Bertz CT molecular complexity index is 2800. The van der Waals surface area contributed by atoms with Crippen LogP contribution in [0.3, 0.4) is 0 Å². The lowest BCUT2D eigenvalue weighted by molar-refractivity contribution is -0.141. The maximum absolute atomic E-state index is 13.8. The van der Waals surface area contributed by atoms with Crippen LogP contribution in [0, 0.1) is 37.5 Å². The molecular formula is C47H50ClN7O12. The minimum absolute atomic E-state index is 0.00384. The molecule has 20 heteroatoms. The Morgan fingerprint density at radius 3 is 2.25 bits per heavy atom. The molecule has 0 bridgehead atoms. The predicted octanol–water partition coefficient (Wildman–Crippen LogP) is 6.04. The molecule has 5 aromatic rings. The molecule has 5 heterocycles. The highest BCUT2D eigenvalue weighted by Gasteiger charge is 2.54. The number of carbonyl (C=O) groups is 3. The van der Waals surface area contributed by atoms with Crippen molar-refractivity contribution < 1.29 is 57.0 Å². The Morgan fingerprint density at radius 2 is 1.58 bits per heavy atom. The number of hydrogen-bond donors (Lipinski definition) is 1. The summed E-state index contributed by atoms with van der Waals surface area (Å²) in [6.45, 7) is 4.46. The first-order valence-electron chi connectivity index (χ1n) is 21.3. The van der Waals surface area contributed by atoms with Gasteiger partial charge in [0.25, 0.3) is 0 Å². The molecule has 352 valence electrons. The minimum atomic E-state index is -0.894. The summed E-state index contributed by atoms with van der Waals surface area (Å²) < 4.78 is 53.2. The second kappa shape index (κ2) is 19.3. The van der Waals surface area contributed by atoms with Gasteiger partial charge < -0.3 is 62.7 Å². The van der Waals surface area contributed by atoms with E-state index in [0.29, 0.717) is 68.6 Å². The second-order valence-electron chi connectivity index (χ2n) is 16.2. The Hall–Kier alpha value is -7.33. The Balaban J connectivity index is 0.911. The number of halogens is 1. The smallest absolute Gasteiger partial charge is 0.410 e.